The molecule has 0 bridgehead atoms. The number of pyridine rings is 1. The van der Waals surface area contributed by atoms with Crippen molar-refractivity contribution >= 4 is 17.8 Å². The number of aryl methyl sites for hydroxylation is 1. The molecule has 82 valence electrons. The predicted molar refractivity (Wildman–Crippen MR) is 56.7 cm³/mol. The van der Waals surface area contributed by atoms with E-state index >= 15 is 0 Å². The average molecular weight is 218 g/mol. The Labute approximate surface area is 91.7 Å². The summed E-state index contributed by atoms with van der Waals surface area (Å²) in [5, 5.41) is 0. The number of hydrogen-bond acceptors (Lipinski definition) is 4. The maximum atomic E-state index is 11.3. The molecule has 0 aliphatic heterocycles. The monoisotopic (exact) mass is 218 g/mol. The summed E-state index contributed by atoms with van der Waals surface area (Å²) in [7, 11) is 1.32. The second kappa shape index (κ2) is 3.77. The molecule has 0 radical (unpaired) electrons. The van der Waals surface area contributed by atoms with E-state index in [1.165, 1.54) is 7.11 Å². The molecule has 0 aliphatic rings. The standard InChI is InChI=1S/C11H10N2O3/c1-7-12-9(6-14)10-4-3-8(5-13(7)10)11(15)16-2/h3-6H,1-2H3. The van der Waals surface area contributed by atoms with E-state index in [4.69, 9.17) is 0 Å². The molecule has 0 aromatic carbocycles. The van der Waals surface area contributed by atoms with Crippen LogP contribution in [0.2, 0.25) is 0 Å². The lowest BCUT2D eigenvalue weighted by Crippen LogP contribution is -2.03. The third-order valence-electron chi connectivity index (χ3n) is 2.37. The minimum atomic E-state index is -0.414. The number of aromatic nitrogens is 2. The Morgan fingerprint density at radius 1 is 1.50 bits per heavy atom. The van der Waals surface area contributed by atoms with Crippen molar-refractivity contribution in [2.24, 2.45) is 0 Å². The number of carbonyl (C=O) groups is 2. The van der Waals surface area contributed by atoms with Crippen molar-refractivity contribution in [3.05, 3.63) is 35.4 Å². The molecule has 0 amide bonds. The number of ether oxygens (including phenoxy) is 1. The molecular formula is C11H10N2O3. The maximum Gasteiger partial charge on any atom is 0.339 e. The Bertz CT molecular complexity index is 572. The fourth-order valence-electron chi connectivity index (χ4n) is 1.59. The molecule has 2 rings (SSSR count). The lowest BCUT2D eigenvalue weighted by Gasteiger charge is -2.01. The molecule has 0 aliphatic carbocycles. The molecule has 5 heteroatoms. The highest BCUT2D eigenvalue weighted by molar-refractivity contribution is 5.90. The van der Waals surface area contributed by atoms with E-state index in [0.717, 1.165) is 0 Å². The lowest BCUT2D eigenvalue weighted by molar-refractivity contribution is 0.0600. The van der Waals surface area contributed by atoms with Gasteiger partial charge in [-0.15, -0.1) is 0 Å². The Balaban J connectivity index is 2.67. The van der Waals surface area contributed by atoms with Crippen molar-refractivity contribution in [1.29, 1.82) is 0 Å². The highest BCUT2D eigenvalue weighted by Gasteiger charge is 2.11. The van der Waals surface area contributed by atoms with Gasteiger partial charge >= 0.3 is 5.97 Å². The molecule has 0 spiro atoms. The second-order valence-electron chi connectivity index (χ2n) is 3.33. The number of imidazole rings is 1. The van der Waals surface area contributed by atoms with Crippen molar-refractivity contribution in [2.75, 3.05) is 7.11 Å². The van der Waals surface area contributed by atoms with Gasteiger partial charge in [0.15, 0.2) is 6.29 Å². The summed E-state index contributed by atoms with van der Waals surface area (Å²) in [5.41, 5.74) is 1.47. The van der Waals surface area contributed by atoms with Gasteiger partial charge in [0, 0.05) is 6.20 Å². The Morgan fingerprint density at radius 3 is 2.88 bits per heavy atom. The SMILES string of the molecule is COC(=O)c1ccc2c(C=O)nc(C)n2c1. The zero-order valence-electron chi connectivity index (χ0n) is 8.93. The molecule has 16 heavy (non-hydrogen) atoms. The average Bonchev–Trinajstić information content (AvgIpc) is 2.64. The molecular weight excluding hydrogens is 208 g/mol. The summed E-state index contributed by atoms with van der Waals surface area (Å²) in [5.74, 6) is 0.241. The van der Waals surface area contributed by atoms with Crippen LogP contribution in [0.1, 0.15) is 26.7 Å². The normalized spacial score (nSPS) is 10.4. The van der Waals surface area contributed by atoms with Crippen LogP contribution < -0.4 is 0 Å². The third-order valence-corrected chi connectivity index (χ3v) is 2.37. The molecule has 2 aromatic heterocycles. The van der Waals surface area contributed by atoms with Crippen LogP contribution in [0.3, 0.4) is 0 Å². The quantitative estimate of drug-likeness (QED) is 0.562. The first-order valence-electron chi connectivity index (χ1n) is 4.69. The molecule has 0 unspecified atom stereocenters. The summed E-state index contributed by atoms with van der Waals surface area (Å²) in [4.78, 5) is 26.1. The van der Waals surface area contributed by atoms with Crippen molar-refractivity contribution in [3.63, 3.8) is 0 Å². The van der Waals surface area contributed by atoms with E-state index in [1.54, 1.807) is 29.7 Å². The highest BCUT2D eigenvalue weighted by atomic mass is 16.5. The number of carbonyl (C=O) groups excluding carboxylic acids is 2. The van der Waals surface area contributed by atoms with Crippen molar-refractivity contribution in [3.8, 4) is 0 Å². The zero-order chi connectivity index (χ0) is 11.7. The first kappa shape index (κ1) is 10.4. The van der Waals surface area contributed by atoms with Crippen LogP contribution in [0.4, 0.5) is 0 Å². The first-order valence-corrected chi connectivity index (χ1v) is 4.69. The zero-order valence-corrected chi connectivity index (χ0v) is 8.93. The van der Waals surface area contributed by atoms with Gasteiger partial charge in [-0.25, -0.2) is 9.78 Å². The van der Waals surface area contributed by atoms with Gasteiger partial charge < -0.3 is 9.14 Å². The lowest BCUT2D eigenvalue weighted by atomic mass is 10.2. The van der Waals surface area contributed by atoms with Gasteiger partial charge in [0.25, 0.3) is 0 Å². The second-order valence-corrected chi connectivity index (χ2v) is 3.33. The van der Waals surface area contributed by atoms with E-state index in [0.29, 0.717) is 28.9 Å². The molecule has 0 saturated carbocycles. The minimum absolute atomic E-state index is 0.369. The Kier molecular flexibility index (Phi) is 2.44. The summed E-state index contributed by atoms with van der Waals surface area (Å²) in [6.07, 6.45) is 2.30. The van der Waals surface area contributed by atoms with Gasteiger partial charge in [-0.1, -0.05) is 0 Å². The number of esters is 1. The van der Waals surface area contributed by atoms with Gasteiger partial charge in [-0.05, 0) is 19.1 Å². The van der Waals surface area contributed by atoms with Gasteiger partial charge in [-0.3, -0.25) is 4.79 Å². The third kappa shape index (κ3) is 1.46. The van der Waals surface area contributed by atoms with E-state index < -0.39 is 5.97 Å². The number of fused-ring (bicyclic) bond motifs is 1. The summed E-state index contributed by atoms with van der Waals surface area (Å²) in [6, 6.07) is 3.28. The molecule has 5 nitrogen and oxygen atoms in total. The summed E-state index contributed by atoms with van der Waals surface area (Å²) >= 11 is 0. The molecule has 0 atom stereocenters. The molecule has 0 saturated heterocycles. The van der Waals surface area contributed by atoms with Gasteiger partial charge in [0.05, 0.1) is 18.2 Å². The smallest absolute Gasteiger partial charge is 0.339 e. The fourth-order valence-corrected chi connectivity index (χ4v) is 1.59. The number of aldehydes is 1. The van der Waals surface area contributed by atoms with Crippen molar-refractivity contribution < 1.29 is 14.3 Å². The van der Waals surface area contributed by atoms with E-state index in [-0.39, 0.29) is 0 Å². The Hall–Kier alpha value is -2.17. The van der Waals surface area contributed by atoms with Gasteiger partial charge in [-0.2, -0.15) is 0 Å². The molecule has 0 N–H and O–H groups in total. The topological polar surface area (TPSA) is 60.7 Å². The largest absolute Gasteiger partial charge is 0.465 e. The van der Waals surface area contributed by atoms with Crippen LogP contribution in [-0.2, 0) is 4.74 Å². The summed E-state index contributed by atoms with van der Waals surface area (Å²) < 4.78 is 6.31. The van der Waals surface area contributed by atoms with Crippen molar-refractivity contribution in [1.82, 2.24) is 9.38 Å². The number of rotatable bonds is 2. The molecule has 2 heterocycles. The summed E-state index contributed by atoms with van der Waals surface area (Å²) in [6.45, 7) is 1.76. The maximum absolute atomic E-state index is 11.3. The minimum Gasteiger partial charge on any atom is -0.465 e. The number of nitrogens with zero attached hydrogens (tertiary/aromatic N) is 2. The van der Waals surface area contributed by atoms with Crippen LogP contribution in [0.25, 0.3) is 5.52 Å². The van der Waals surface area contributed by atoms with Crippen LogP contribution in [-0.4, -0.2) is 28.7 Å². The van der Waals surface area contributed by atoms with Crippen LogP contribution in [0, 0.1) is 6.92 Å². The first-order chi connectivity index (χ1) is 7.67. The van der Waals surface area contributed by atoms with E-state index in [1.807, 2.05) is 0 Å². The predicted octanol–water partition coefficient (Wildman–Crippen LogP) is 1.24. The van der Waals surface area contributed by atoms with Crippen LogP contribution >= 0.6 is 0 Å². The number of methoxy groups -OCH3 is 1. The van der Waals surface area contributed by atoms with E-state index in [9.17, 15) is 9.59 Å². The van der Waals surface area contributed by atoms with E-state index in [2.05, 4.69) is 9.72 Å². The fraction of sp³-hybridized carbons (Fsp3) is 0.182. The number of hydrogen-bond donors (Lipinski definition) is 0. The van der Waals surface area contributed by atoms with Gasteiger partial charge in [0.1, 0.15) is 11.5 Å². The van der Waals surface area contributed by atoms with Crippen LogP contribution in [0.15, 0.2) is 18.3 Å². The van der Waals surface area contributed by atoms with Gasteiger partial charge in [0.2, 0.25) is 0 Å². The Morgan fingerprint density at radius 2 is 2.25 bits per heavy atom. The molecule has 0 fully saturated rings. The highest BCUT2D eigenvalue weighted by Crippen LogP contribution is 2.13. The molecule has 2 aromatic rings. The van der Waals surface area contributed by atoms with Crippen LogP contribution in [0.5, 0.6) is 0 Å². The van der Waals surface area contributed by atoms with Crippen molar-refractivity contribution in [2.45, 2.75) is 6.92 Å².